The highest BCUT2D eigenvalue weighted by molar-refractivity contribution is 5.78. The van der Waals surface area contributed by atoms with Gasteiger partial charge >= 0.3 is 0 Å². The number of ether oxygens (including phenoxy) is 2. The second-order valence-corrected chi connectivity index (χ2v) is 10.7. The first-order chi connectivity index (χ1) is 19.5. The van der Waals surface area contributed by atoms with Crippen LogP contribution in [0.5, 0.6) is 0 Å². The molecule has 1 heterocycles. The predicted octanol–water partition coefficient (Wildman–Crippen LogP) is 3.72. The molecule has 1 aromatic heterocycles. The molecule has 6 N–H and O–H groups in total. The molecule has 11 heteroatoms. The number of hydrogen-bond donors (Lipinski definition) is 5. The number of hydrogen-bond acceptors (Lipinski definition) is 10. The summed E-state index contributed by atoms with van der Waals surface area (Å²) < 4.78 is 10.7. The molecule has 0 aliphatic heterocycles. The van der Waals surface area contributed by atoms with Crippen molar-refractivity contribution in [1.29, 1.82) is 0 Å². The average Bonchev–Trinajstić information content (AvgIpc) is 2.95. The fraction of sp³-hybridized carbons (Fsp3) is 0.655. The van der Waals surface area contributed by atoms with E-state index in [2.05, 4.69) is 50.1 Å². The van der Waals surface area contributed by atoms with Crippen LogP contribution in [0.1, 0.15) is 57.9 Å². The number of rotatable bonds is 19. The van der Waals surface area contributed by atoms with Crippen LogP contribution < -0.4 is 27.0 Å². The van der Waals surface area contributed by atoms with Gasteiger partial charge in [0.1, 0.15) is 0 Å². The maximum absolute atomic E-state index is 12.3. The maximum Gasteiger partial charge on any atom is 0.233 e. The van der Waals surface area contributed by atoms with Crippen molar-refractivity contribution in [3.8, 4) is 0 Å². The van der Waals surface area contributed by atoms with Gasteiger partial charge in [-0.05, 0) is 48.8 Å². The Kier molecular flexibility index (Phi) is 14.5. The minimum atomic E-state index is -0.0491. The van der Waals surface area contributed by atoms with Crippen molar-refractivity contribution in [1.82, 2.24) is 20.3 Å². The van der Waals surface area contributed by atoms with Gasteiger partial charge in [0.25, 0.3) is 0 Å². The molecule has 40 heavy (non-hydrogen) atoms. The van der Waals surface area contributed by atoms with Crippen molar-refractivity contribution >= 4 is 29.4 Å². The number of nitrogens with two attached hydrogens (primary N) is 1. The van der Waals surface area contributed by atoms with E-state index < -0.39 is 0 Å². The lowest BCUT2D eigenvalue weighted by Crippen LogP contribution is -2.29. The number of amides is 1. The summed E-state index contributed by atoms with van der Waals surface area (Å²) in [6.45, 7) is 8.99. The molecule has 222 valence electrons. The fourth-order valence-electron chi connectivity index (χ4n) is 4.44. The van der Waals surface area contributed by atoms with E-state index in [1.54, 1.807) is 0 Å². The van der Waals surface area contributed by atoms with Crippen LogP contribution in [0.3, 0.4) is 0 Å². The summed E-state index contributed by atoms with van der Waals surface area (Å²) in [6, 6.07) is 7.71. The third kappa shape index (κ3) is 12.9. The van der Waals surface area contributed by atoms with E-state index in [9.17, 15) is 4.79 Å². The Labute approximate surface area is 238 Å². The first-order valence-electron chi connectivity index (χ1n) is 14.7. The summed E-state index contributed by atoms with van der Waals surface area (Å²) in [5.74, 6) is 2.83. The Morgan fingerprint density at radius 2 is 1.57 bits per heavy atom. The minimum Gasteiger partial charge on any atom is -0.378 e. The minimum absolute atomic E-state index is 0.0491. The molecule has 2 aromatic rings. The zero-order valence-electron chi connectivity index (χ0n) is 24.2. The molecule has 0 saturated heterocycles. The molecule has 0 radical (unpaired) electrons. The van der Waals surface area contributed by atoms with Gasteiger partial charge in [-0.2, -0.15) is 15.0 Å². The van der Waals surface area contributed by atoms with Gasteiger partial charge in [-0.25, -0.2) is 0 Å². The Hall–Kier alpha value is -3.02. The van der Waals surface area contributed by atoms with E-state index in [0.717, 1.165) is 30.8 Å². The second-order valence-electron chi connectivity index (χ2n) is 10.7. The van der Waals surface area contributed by atoms with Gasteiger partial charge < -0.3 is 36.5 Å². The number of carbonyl (C=O) groups is 1. The van der Waals surface area contributed by atoms with E-state index in [4.69, 9.17) is 15.2 Å². The van der Waals surface area contributed by atoms with Crippen LogP contribution in [0.15, 0.2) is 24.3 Å². The lowest BCUT2D eigenvalue weighted by molar-refractivity contribution is -0.120. The van der Waals surface area contributed by atoms with E-state index in [-0.39, 0.29) is 5.91 Å². The monoisotopic (exact) mass is 556 g/mol. The van der Waals surface area contributed by atoms with Gasteiger partial charge in [0, 0.05) is 31.9 Å². The summed E-state index contributed by atoms with van der Waals surface area (Å²) in [5.41, 5.74) is 7.12. The SMILES string of the molecule is CC(C)CCNc1nc(NCC2CCCCC2)nc(Nc2ccc(CC(=O)NCCOCCOCCN)cc2)n1. The Bertz CT molecular complexity index is 984. The molecule has 0 bridgehead atoms. The zero-order valence-corrected chi connectivity index (χ0v) is 24.2. The molecule has 0 spiro atoms. The Morgan fingerprint density at radius 1 is 0.900 bits per heavy atom. The van der Waals surface area contributed by atoms with Crippen LogP contribution in [0.2, 0.25) is 0 Å². The van der Waals surface area contributed by atoms with Crippen molar-refractivity contribution in [3.63, 3.8) is 0 Å². The van der Waals surface area contributed by atoms with Crippen molar-refractivity contribution in [2.24, 2.45) is 17.6 Å². The fourth-order valence-corrected chi connectivity index (χ4v) is 4.44. The van der Waals surface area contributed by atoms with Crippen molar-refractivity contribution < 1.29 is 14.3 Å². The van der Waals surface area contributed by atoms with Gasteiger partial charge in [-0.3, -0.25) is 4.79 Å². The highest BCUT2D eigenvalue weighted by atomic mass is 16.5. The van der Waals surface area contributed by atoms with Gasteiger partial charge in [0.05, 0.1) is 32.8 Å². The number of nitrogens with zero attached hydrogens (tertiary/aromatic N) is 3. The molecule has 0 atom stereocenters. The van der Waals surface area contributed by atoms with Crippen LogP contribution >= 0.6 is 0 Å². The number of nitrogens with one attached hydrogen (secondary N) is 4. The zero-order chi connectivity index (χ0) is 28.4. The highest BCUT2D eigenvalue weighted by Gasteiger charge is 2.15. The van der Waals surface area contributed by atoms with Crippen LogP contribution in [-0.2, 0) is 20.7 Å². The quantitative estimate of drug-likeness (QED) is 0.162. The topological polar surface area (TPSA) is 148 Å². The number of anilines is 4. The smallest absolute Gasteiger partial charge is 0.233 e. The van der Waals surface area contributed by atoms with E-state index >= 15 is 0 Å². The van der Waals surface area contributed by atoms with Gasteiger partial charge in [-0.1, -0.05) is 45.2 Å². The van der Waals surface area contributed by atoms with Crippen molar-refractivity contribution in [3.05, 3.63) is 29.8 Å². The number of carbonyl (C=O) groups excluding carboxylic acids is 1. The Balaban J connectivity index is 1.49. The van der Waals surface area contributed by atoms with Crippen molar-refractivity contribution in [2.75, 3.05) is 68.6 Å². The van der Waals surface area contributed by atoms with Gasteiger partial charge in [-0.15, -0.1) is 0 Å². The first-order valence-corrected chi connectivity index (χ1v) is 14.7. The summed E-state index contributed by atoms with van der Waals surface area (Å²) >= 11 is 0. The number of benzene rings is 1. The van der Waals surface area contributed by atoms with Crippen LogP contribution in [0, 0.1) is 11.8 Å². The van der Waals surface area contributed by atoms with Crippen molar-refractivity contribution in [2.45, 2.75) is 58.8 Å². The molecule has 3 rings (SSSR count). The summed E-state index contributed by atoms with van der Waals surface area (Å²) in [4.78, 5) is 26.1. The third-order valence-electron chi connectivity index (χ3n) is 6.69. The highest BCUT2D eigenvalue weighted by Crippen LogP contribution is 2.24. The molecular weight excluding hydrogens is 508 g/mol. The molecule has 1 fully saturated rings. The molecule has 0 unspecified atom stereocenters. The normalized spacial score (nSPS) is 13.8. The van der Waals surface area contributed by atoms with Gasteiger partial charge in [0.2, 0.25) is 23.8 Å². The summed E-state index contributed by atoms with van der Waals surface area (Å²) in [6.07, 6.45) is 7.78. The third-order valence-corrected chi connectivity index (χ3v) is 6.69. The van der Waals surface area contributed by atoms with Crippen LogP contribution in [-0.4, -0.2) is 73.5 Å². The standard InChI is InChI=1S/C29H48N8O3/c1-22(2)12-14-32-27-35-28(33-21-24-6-4-3-5-7-24)37-29(36-27)34-25-10-8-23(9-11-25)20-26(38)31-15-17-40-19-18-39-16-13-30/h8-11,22,24H,3-7,12-21,30H2,1-2H3,(H,31,38)(H3,32,33,34,35,36,37). The molecule has 11 nitrogen and oxygen atoms in total. The molecule has 1 aliphatic carbocycles. The maximum atomic E-state index is 12.3. The van der Waals surface area contributed by atoms with Gasteiger partial charge in [0.15, 0.2) is 0 Å². The van der Waals surface area contributed by atoms with E-state index in [1.165, 1.54) is 32.1 Å². The lowest BCUT2D eigenvalue weighted by Gasteiger charge is -2.22. The van der Waals surface area contributed by atoms with E-state index in [1.807, 2.05) is 24.3 Å². The summed E-state index contributed by atoms with van der Waals surface area (Å²) in [5, 5.41) is 13.0. The average molecular weight is 557 g/mol. The van der Waals surface area contributed by atoms with Crippen LogP contribution in [0.4, 0.5) is 23.5 Å². The van der Waals surface area contributed by atoms with Crippen LogP contribution in [0.25, 0.3) is 0 Å². The first kappa shape index (κ1) is 31.5. The predicted molar refractivity (Wildman–Crippen MR) is 160 cm³/mol. The molecule has 1 saturated carbocycles. The Morgan fingerprint density at radius 3 is 2.27 bits per heavy atom. The molecular formula is C29H48N8O3. The largest absolute Gasteiger partial charge is 0.378 e. The molecule has 1 amide bonds. The molecule has 1 aliphatic rings. The second kappa shape index (κ2) is 18.4. The number of aromatic nitrogens is 3. The molecule has 1 aromatic carbocycles. The van der Waals surface area contributed by atoms with E-state index in [0.29, 0.717) is 75.6 Å². The summed E-state index contributed by atoms with van der Waals surface area (Å²) in [7, 11) is 0. The lowest BCUT2D eigenvalue weighted by atomic mass is 9.89.